The number of benzene rings is 2. The van der Waals surface area contributed by atoms with Crippen molar-refractivity contribution >= 4 is 10.9 Å². The molecule has 1 N–H and O–H groups in total. The van der Waals surface area contributed by atoms with E-state index in [0.29, 0.717) is 23.3 Å². The van der Waals surface area contributed by atoms with Crippen molar-refractivity contribution < 1.29 is 9.13 Å². The molecule has 0 aliphatic carbocycles. The number of aromatic amines is 1. The second-order valence-electron chi connectivity index (χ2n) is 4.33. The SMILES string of the molecule is O=c1[nH]cnc2cc(OCc3ccc(F)cc3)ccc12. The van der Waals surface area contributed by atoms with E-state index in [-0.39, 0.29) is 11.4 Å². The number of rotatable bonds is 3. The highest BCUT2D eigenvalue weighted by atomic mass is 19.1. The number of nitrogens with zero attached hydrogens (tertiary/aromatic N) is 1. The number of fused-ring (bicyclic) bond motifs is 1. The van der Waals surface area contributed by atoms with Gasteiger partial charge >= 0.3 is 0 Å². The monoisotopic (exact) mass is 270 g/mol. The minimum atomic E-state index is -0.275. The normalized spacial score (nSPS) is 10.7. The van der Waals surface area contributed by atoms with Crippen LogP contribution in [0.25, 0.3) is 10.9 Å². The Labute approximate surface area is 113 Å². The van der Waals surface area contributed by atoms with E-state index in [2.05, 4.69) is 9.97 Å². The first-order valence-corrected chi connectivity index (χ1v) is 6.07. The van der Waals surface area contributed by atoms with Gasteiger partial charge in [-0.1, -0.05) is 12.1 Å². The Morgan fingerprint density at radius 2 is 1.95 bits per heavy atom. The van der Waals surface area contributed by atoms with Crippen molar-refractivity contribution in [2.45, 2.75) is 6.61 Å². The van der Waals surface area contributed by atoms with Gasteiger partial charge in [0.2, 0.25) is 0 Å². The van der Waals surface area contributed by atoms with E-state index in [0.717, 1.165) is 5.56 Å². The summed E-state index contributed by atoms with van der Waals surface area (Å²) in [7, 11) is 0. The van der Waals surface area contributed by atoms with Crippen LogP contribution in [0.5, 0.6) is 5.75 Å². The number of aromatic nitrogens is 2. The molecule has 2 aromatic carbocycles. The van der Waals surface area contributed by atoms with Gasteiger partial charge in [0.25, 0.3) is 5.56 Å². The standard InChI is InChI=1S/C15H11FN2O2/c16-11-3-1-10(2-4-11)8-20-12-5-6-13-14(7-12)17-9-18-15(13)19/h1-7,9H,8H2,(H,17,18,19). The molecule has 4 nitrogen and oxygen atoms in total. The van der Waals surface area contributed by atoms with E-state index in [1.807, 2.05) is 0 Å². The zero-order valence-corrected chi connectivity index (χ0v) is 10.5. The smallest absolute Gasteiger partial charge is 0.258 e. The lowest BCUT2D eigenvalue weighted by Crippen LogP contribution is -2.06. The number of hydrogen-bond donors (Lipinski definition) is 1. The lowest BCUT2D eigenvalue weighted by Gasteiger charge is -2.06. The highest BCUT2D eigenvalue weighted by molar-refractivity contribution is 5.78. The quantitative estimate of drug-likeness (QED) is 0.796. The predicted molar refractivity (Wildman–Crippen MR) is 73.1 cm³/mol. The molecular weight excluding hydrogens is 259 g/mol. The first-order chi connectivity index (χ1) is 9.72. The zero-order valence-electron chi connectivity index (χ0n) is 10.5. The molecular formula is C15H11FN2O2. The molecule has 0 saturated carbocycles. The number of ether oxygens (including phenoxy) is 1. The average molecular weight is 270 g/mol. The number of halogens is 1. The molecule has 100 valence electrons. The van der Waals surface area contributed by atoms with Crippen LogP contribution in [0.4, 0.5) is 4.39 Å². The van der Waals surface area contributed by atoms with Gasteiger partial charge in [-0.05, 0) is 29.8 Å². The molecule has 0 aliphatic heterocycles. The van der Waals surface area contributed by atoms with Gasteiger partial charge in [-0.2, -0.15) is 0 Å². The fraction of sp³-hybridized carbons (Fsp3) is 0.0667. The minimum Gasteiger partial charge on any atom is -0.489 e. The summed E-state index contributed by atoms with van der Waals surface area (Å²) in [5.41, 5.74) is 1.26. The lowest BCUT2D eigenvalue weighted by atomic mass is 10.2. The van der Waals surface area contributed by atoms with E-state index >= 15 is 0 Å². The number of H-pyrrole nitrogens is 1. The van der Waals surface area contributed by atoms with Crippen molar-refractivity contribution in [3.63, 3.8) is 0 Å². The van der Waals surface area contributed by atoms with Gasteiger partial charge in [0.05, 0.1) is 17.2 Å². The predicted octanol–water partition coefficient (Wildman–Crippen LogP) is 2.64. The summed E-state index contributed by atoms with van der Waals surface area (Å²) in [6.45, 7) is 0.328. The van der Waals surface area contributed by atoms with Gasteiger partial charge in [0, 0.05) is 6.07 Å². The highest BCUT2D eigenvalue weighted by Crippen LogP contribution is 2.17. The molecule has 0 radical (unpaired) electrons. The molecule has 3 rings (SSSR count). The first kappa shape index (κ1) is 12.3. The number of nitrogens with one attached hydrogen (secondary N) is 1. The molecule has 0 aliphatic rings. The van der Waals surface area contributed by atoms with E-state index in [9.17, 15) is 9.18 Å². The highest BCUT2D eigenvalue weighted by Gasteiger charge is 2.02. The summed E-state index contributed by atoms with van der Waals surface area (Å²) in [6, 6.07) is 11.2. The summed E-state index contributed by atoms with van der Waals surface area (Å²) in [6.07, 6.45) is 1.36. The Morgan fingerprint density at radius 1 is 1.15 bits per heavy atom. The van der Waals surface area contributed by atoms with Crippen molar-refractivity contribution in [2.75, 3.05) is 0 Å². The third-order valence-electron chi connectivity index (χ3n) is 2.93. The summed E-state index contributed by atoms with van der Waals surface area (Å²) >= 11 is 0. The van der Waals surface area contributed by atoms with Gasteiger partial charge in [-0.3, -0.25) is 4.79 Å². The molecule has 0 unspecified atom stereocenters. The van der Waals surface area contributed by atoms with Crippen molar-refractivity contribution in [3.05, 3.63) is 70.5 Å². The Morgan fingerprint density at radius 3 is 2.75 bits per heavy atom. The molecule has 0 saturated heterocycles. The molecule has 0 bridgehead atoms. The van der Waals surface area contributed by atoms with Crippen molar-refractivity contribution in [1.82, 2.24) is 9.97 Å². The molecule has 3 aromatic rings. The Kier molecular flexibility index (Phi) is 3.16. The van der Waals surface area contributed by atoms with Gasteiger partial charge in [-0.15, -0.1) is 0 Å². The second-order valence-corrected chi connectivity index (χ2v) is 4.33. The van der Waals surface area contributed by atoms with Crippen LogP contribution < -0.4 is 10.3 Å². The van der Waals surface area contributed by atoms with Crippen LogP contribution in [-0.4, -0.2) is 9.97 Å². The lowest BCUT2D eigenvalue weighted by molar-refractivity contribution is 0.306. The maximum Gasteiger partial charge on any atom is 0.258 e. The van der Waals surface area contributed by atoms with Crippen LogP contribution in [0.3, 0.4) is 0 Å². The molecule has 0 atom stereocenters. The van der Waals surface area contributed by atoms with Crippen LogP contribution in [0, 0.1) is 5.82 Å². The average Bonchev–Trinajstić information content (AvgIpc) is 2.47. The zero-order chi connectivity index (χ0) is 13.9. The van der Waals surface area contributed by atoms with Crippen molar-refractivity contribution in [1.29, 1.82) is 0 Å². The van der Waals surface area contributed by atoms with Crippen LogP contribution >= 0.6 is 0 Å². The van der Waals surface area contributed by atoms with Gasteiger partial charge in [-0.25, -0.2) is 9.37 Å². The second kappa shape index (κ2) is 5.13. The van der Waals surface area contributed by atoms with Crippen LogP contribution in [0.2, 0.25) is 0 Å². The Hall–Kier alpha value is -2.69. The van der Waals surface area contributed by atoms with Gasteiger partial charge < -0.3 is 9.72 Å². The van der Waals surface area contributed by atoms with Gasteiger partial charge in [0.1, 0.15) is 18.2 Å². The third-order valence-corrected chi connectivity index (χ3v) is 2.93. The topological polar surface area (TPSA) is 55.0 Å². The Bertz CT molecular complexity index is 797. The van der Waals surface area contributed by atoms with E-state index < -0.39 is 0 Å². The maximum absolute atomic E-state index is 12.8. The third kappa shape index (κ3) is 2.51. The minimum absolute atomic E-state index is 0.180. The number of hydrogen-bond acceptors (Lipinski definition) is 3. The van der Waals surface area contributed by atoms with E-state index in [1.165, 1.54) is 18.5 Å². The molecule has 1 aromatic heterocycles. The molecule has 1 heterocycles. The van der Waals surface area contributed by atoms with E-state index in [1.54, 1.807) is 30.3 Å². The Balaban J connectivity index is 1.81. The van der Waals surface area contributed by atoms with Gasteiger partial charge in [0.15, 0.2) is 0 Å². The summed E-state index contributed by atoms with van der Waals surface area (Å²) in [5, 5.41) is 0.515. The van der Waals surface area contributed by atoms with Crippen LogP contribution in [0.15, 0.2) is 53.6 Å². The summed E-state index contributed by atoms with van der Waals surface area (Å²) < 4.78 is 18.4. The molecule has 0 amide bonds. The molecule has 0 spiro atoms. The van der Waals surface area contributed by atoms with Crippen molar-refractivity contribution in [2.24, 2.45) is 0 Å². The van der Waals surface area contributed by atoms with Crippen LogP contribution in [-0.2, 0) is 6.61 Å². The van der Waals surface area contributed by atoms with E-state index in [4.69, 9.17) is 4.74 Å². The largest absolute Gasteiger partial charge is 0.489 e. The molecule has 0 fully saturated rings. The first-order valence-electron chi connectivity index (χ1n) is 6.07. The fourth-order valence-corrected chi connectivity index (χ4v) is 1.89. The maximum atomic E-state index is 12.8. The fourth-order valence-electron chi connectivity index (χ4n) is 1.89. The molecule has 20 heavy (non-hydrogen) atoms. The van der Waals surface area contributed by atoms with Crippen molar-refractivity contribution in [3.8, 4) is 5.75 Å². The summed E-state index contributed by atoms with van der Waals surface area (Å²) in [5.74, 6) is 0.336. The summed E-state index contributed by atoms with van der Waals surface area (Å²) in [4.78, 5) is 18.1. The molecule has 5 heteroatoms. The van der Waals surface area contributed by atoms with Crippen LogP contribution in [0.1, 0.15) is 5.56 Å².